The number of fused-ring (bicyclic) bond motifs is 1. The number of amides is 2. The summed E-state index contributed by atoms with van der Waals surface area (Å²) in [5.41, 5.74) is 2.28. The lowest BCUT2D eigenvalue weighted by atomic mass is 10.1. The van der Waals surface area contributed by atoms with Crippen molar-refractivity contribution in [2.45, 2.75) is 13.3 Å². The third kappa shape index (κ3) is 3.67. The quantitative estimate of drug-likeness (QED) is 0.804. The predicted octanol–water partition coefficient (Wildman–Crippen LogP) is 2.75. The number of para-hydroxylation sites is 1. The maximum Gasteiger partial charge on any atom is 0.257 e. The van der Waals surface area contributed by atoms with Crippen molar-refractivity contribution in [2.24, 2.45) is 0 Å². The minimum Gasteiger partial charge on any atom is -0.486 e. The van der Waals surface area contributed by atoms with Crippen LogP contribution in [0.2, 0.25) is 0 Å². The lowest BCUT2D eigenvalue weighted by Gasteiger charge is -2.25. The van der Waals surface area contributed by atoms with E-state index in [0.717, 1.165) is 12.0 Å². The normalized spacial score (nSPS) is 16.5. The van der Waals surface area contributed by atoms with Crippen LogP contribution >= 0.6 is 0 Å². The third-order valence-electron chi connectivity index (χ3n) is 5.13. The van der Waals surface area contributed by atoms with Crippen LogP contribution in [0.3, 0.4) is 0 Å². The van der Waals surface area contributed by atoms with Crippen molar-refractivity contribution in [1.82, 2.24) is 9.80 Å². The van der Waals surface area contributed by atoms with Crippen LogP contribution in [0.25, 0.3) is 0 Å². The molecule has 1 saturated heterocycles. The van der Waals surface area contributed by atoms with E-state index in [-0.39, 0.29) is 11.8 Å². The molecule has 6 nitrogen and oxygen atoms in total. The first-order valence-corrected chi connectivity index (χ1v) is 9.67. The number of aryl methyl sites for hydroxylation is 1. The summed E-state index contributed by atoms with van der Waals surface area (Å²) in [7, 11) is 0. The lowest BCUT2D eigenvalue weighted by molar-refractivity contribution is 0.0713. The van der Waals surface area contributed by atoms with Gasteiger partial charge in [-0.1, -0.05) is 23.8 Å². The molecule has 0 radical (unpaired) electrons. The molecule has 0 bridgehead atoms. The van der Waals surface area contributed by atoms with E-state index in [1.54, 1.807) is 11.0 Å². The first-order valence-electron chi connectivity index (χ1n) is 9.67. The van der Waals surface area contributed by atoms with Gasteiger partial charge in [0.2, 0.25) is 0 Å². The van der Waals surface area contributed by atoms with Crippen molar-refractivity contribution in [3.63, 3.8) is 0 Å². The Morgan fingerprint density at radius 3 is 2.36 bits per heavy atom. The summed E-state index contributed by atoms with van der Waals surface area (Å²) in [6.45, 7) is 5.18. The van der Waals surface area contributed by atoms with E-state index in [9.17, 15) is 9.59 Å². The van der Waals surface area contributed by atoms with Gasteiger partial charge >= 0.3 is 0 Å². The van der Waals surface area contributed by atoms with E-state index in [1.807, 2.05) is 48.2 Å². The van der Waals surface area contributed by atoms with Gasteiger partial charge in [-0.15, -0.1) is 0 Å². The summed E-state index contributed by atoms with van der Waals surface area (Å²) in [6, 6.07) is 13.0. The molecule has 1 fully saturated rings. The maximum absolute atomic E-state index is 13.1. The summed E-state index contributed by atoms with van der Waals surface area (Å²) in [6.07, 6.45) is 0.746. The Labute approximate surface area is 164 Å². The van der Waals surface area contributed by atoms with E-state index < -0.39 is 0 Å². The number of nitrogens with zero attached hydrogens (tertiary/aromatic N) is 2. The van der Waals surface area contributed by atoms with Gasteiger partial charge < -0.3 is 19.3 Å². The monoisotopic (exact) mass is 380 g/mol. The van der Waals surface area contributed by atoms with Crippen LogP contribution < -0.4 is 9.47 Å². The van der Waals surface area contributed by atoms with Crippen LogP contribution in [0.4, 0.5) is 0 Å². The third-order valence-corrected chi connectivity index (χ3v) is 5.13. The fourth-order valence-corrected chi connectivity index (χ4v) is 3.70. The molecule has 2 aliphatic heterocycles. The number of hydrogen-bond acceptors (Lipinski definition) is 4. The number of carbonyl (C=O) groups is 2. The van der Waals surface area contributed by atoms with Gasteiger partial charge in [0.05, 0.1) is 5.56 Å². The van der Waals surface area contributed by atoms with Gasteiger partial charge in [0.1, 0.15) is 13.2 Å². The molecule has 6 heteroatoms. The van der Waals surface area contributed by atoms with E-state index >= 15 is 0 Å². The molecule has 0 unspecified atom stereocenters. The molecule has 0 saturated carbocycles. The minimum atomic E-state index is -0.0767. The average Bonchev–Trinajstić information content (AvgIpc) is 2.98. The van der Waals surface area contributed by atoms with Crippen molar-refractivity contribution in [3.05, 3.63) is 59.2 Å². The van der Waals surface area contributed by atoms with Gasteiger partial charge in [0.15, 0.2) is 11.5 Å². The second-order valence-electron chi connectivity index (χ2n) is 7.14. The standard InChI is InChI=1S/C22H24N2O4/c1-16-5-2-6-17(15-16)21(25)23-9-4-10-24(12-11-23)22(26)18-7-3-8-19-20(18)28-14-13-27-19/h2-3,5-8,15H,4,9-14H2,1H3. The molecule has 2 aromatic carbocycles. The SMILES string of the molecule is Cc1cccc(C(=O)N2CCCN(C(=O)c3cccc4c3OCCO4)CC2)c1. The Morgan fingerprint density at radius 2 is 1.57 bits per heavy atom. The van der Waals surface area contributed by atoms with Gasteiger partial charge in [-0.3, -0.25) is 9.59 Å². The fourth-order valence-electron chi connectivity index (χ4n) is 3.70. The van der Waals surface area contributed by atoms with Gasteiger partial charge in [-0.05, 0) is 37.6 Å². The largest absolute Gasteiger partial charge is 0.486 e. The number of ether oxygens (including phenoxy) is 2. The zero-order chi connectivity index (χ0) is 19.5. The Morgan fingerprint density at radius 1 is 0.857 bits per heavy atom. The summed E-state index contributed by atoms with van der Waals surface area (Å²) >= 11 is 0. The van der Waals surface area contributed by atoms with Gasteiger partial charge in [-0.2, -0.15) is 0 Å². The average molecular weight is 380 g/mol. The van der Waals surface area contributed by atoms with Gasteiger partial charge in [0, 0.05) is 31.7 Å². The van der Waals surface area contributed by atoms with Crippen LogP contribution in [-0.4, -0.2) is 61.0 Å². The molecule has 28 heavy (non-hydrogen) atoms. The van der Waals surface area contributed by atoms with Crippen molar-refractivity contribution < 1.29 is 19.1 Å². The van der Waals surface area contributed by atoms with Crippen LogP contribution in [0.1, 0.15) is 32.7 Å². The molecule has 2 amide bonds. The van der Waals surface area contributed by atoms with Crippen LogP contribution in [0, 0.1) is 6.92 Å². The molecule has 2 aliphatic rings. The molecule has 0 aromatic heterocycles. The smallest absolute Gasteiger partial charge is 0.257 e. The topological polar surface area (TPSA) is 59.1 Å². The molecule has 0 aliphatic carbocycles. The molecule has 146 valence electrons. The van der Waals surface area contributed by atoms with Gasteiger partial charge in [-0.25, -0.2) is 0 Å². The highest BCUT2D eigenvalue weighted by atomic mass is 16.6. The Hall–Kier alpha value is -3.02. The molecule has 4 rings (SSSR count). The highest BCUT2D eigenvalue weighted by molar-refractivity contribution is 5.98. The molecule has 0 atom stereocenters. The van der Waals surface area contributed by atoms with Crippen LogP contribution in [-0.2, 0) is 0 Å². The molecular weight excluding hydrogens is 356 g/mol. The molecule has 2 heterocycles. The highest BCUT2D eigenvalue weighted by Crippen LogP contribution is 2.34. The van der Waals surface area contributed by atoms with Crippen molar-refractivity contribution >= 4 is 11.8 Å². The van der Waals surface area contributed by atoms with Crippen LogP contribution in [0.15, 0.2) is 42.5 Å². The minimum absolute atomic E-state index is 0.0202. The second-order valence-corrected chi connectivity index (χ2v) is 7.14. The zero-order valence-electron chi connectivity index (χ0n) is 16.0. The molecular formula is C22H24N2O4. The predicted molar refractivity (Wildman–Crippen MR) is 105 cm³/mol. The van der Waals surface area contributed by atoms with E-state index in [1.165, 1.54) is 0 Å². The number of benzene rings is 2. The Bertz CT molecular complexity index is 896. The van der Waals surface area contributed by atoms with Crippen LogP contribution in [0.5, 0.6) is 11.5 Å². The summed E-state index contributed by atoms with van der Waals surface area (Å²) < 4.78 is 11.3. The van der Waals surface area contributed by atoms with E-state index in [4.69, 9.17) is 9.47 Å². The maximum atomic E-state index is 13.1. The number of rotatable bonds is 2. The summed E-state index contributed by atoms with van der Waals surface area (Å²) in [5, 5.41) is 0. The first-order chi connectivity index (χ1) is 13.6. The number of carbonyl (C=O) groups excluding carboxylic acids is 2. The van der Waals surface area contributed by atoms with E-state index in [2.05, 4.69) is 0 Å². The Kier molecular flexibility index (Phi) is 5.19. The fraction of sp³-hybridized carbons (Fsp3) is 0.364. The lowest BCUT2D eigenvalue weighted by Crippen LogP contribution is -2.37. The van der Waals surface area contributed by atoms with Crippen molar-refractivity contribution in [1.29, 1.82) is 0 Å². The molecule has 0 spiro atoms. The second kappa shape index (κ2) is 7.92. The number of hydrogen-bond donors (Lipinski definition) is 0. The van der Waals surface area contributed by atoms with E-state index in [0.29, 0.717) is 62.0 Å². The molecule has 2 aromatic rings. The summed E-state index contributed by atoms with van der Waals surface area (Å²) in [5.74, 6) is 1.08. The Balaban J connectivity index is 1.47. The zero-order valence-corrected chi connectivity index (χ0v) is 16.0. The van der Waals surface area contributed by atoms with Crippen molar-refractivity contribution in [2.75, 3.05) is 39.4 Å². The highest BCUT2D eigenvalue weighted by Gasteiger charge is 2.27. The van der Waals surface area contributed by atoms with Crippen molar-refractivity contribution in [3.8, 4) is 11.5 Å². The molecule has 0 N–H and O–H groups in total. The summed E-state index contributed by atoms with van der Waals surface area (Å²) in [4.78, 5) is 29.6. The van der Waals surface area contributed by atoms with Gasteiger partial charge in [0.25, 0.3) is 11.8 Å². The first kappa shape index (κ1) is 18.3.